The van der Waals surface area contributed by atoms with Gasteiger partial charge in [0.2, 0.25) is 0 Å². The van der Waals surface area contributed by atoms with E-state index >= 15 is 0 Å². The van der Waals surface area contributed by atoms with Gasteiger partial charge in [0.15, 0.2) is 0 Å². The number of aromatic nitrogens is 1. The van der Waals surface area contributed by atoms with Gasteiger partial charge in [-0.05, 0) is 42.8 Å². The van der Waals surface area contributed by atoms with Crippen LogP contribution in [-0.2, 0) is 0 Å². The van der Waals surface area contributed by atoms with E-state index in [0.717, 1.165) is 28.0 Å². The maximum atomic E-state index is 5.80. The van der Waals surface area contributed by atoms with Gasteiger partial charge < -0.3 is 10.5 Å². The fourth-order valence-corrected chi connectivity index (χ4v) is 2.32. The molecule has 0 saturated heterocycles. The van der Waals surface area contributed by atoms with Crippen molar-refractivity contribution in [3.63, 3.8) is 0 Å². The number of nitrogen functional groups attached to an aromatic ring is 1. The highest BCUT2D eigenvalue weighted by atomic mass is 35.5. The van der Waals surface area contributed by atoms with E-state index in [2.05, 4.69) is 4.98 Å². The highest BCUT2D eigenvalue weighted by molar-refractivity contribution is 7.99. The van der Waals surface area contributed by atoms with Crippen molar-refractivity contribution in [3.05, 3.63) is 47.6 Å². The maximum Gasteiger partial charge on any atom is 0.119 e. The number of pyridine rings is 1. The second-order valence-electron chi connectivity index (χ2n) is 3.93. The number of halogens is 1. The van der Waals surface area contributed by atoms with Crippen LogP contribution >= 0.6 is 23.4 Å². The van der Waals surface area contributed by atoms with Crippen LogP contribution in [0.3, 0.4) is 0 Å². The molecule has 1 heterocycles. The molecule has 5 heteroatoms. The predicted molar refractivity (Wildman–Crippen MR) is 80.9 cm³/mol. The molecule has 2 aromatic rings. The molecule has 100 valence electrons. The lowest BCUT2D eigenvalue weighted by molar-refractivity contribution is 0.318. The zero-order valence-corrected chi connectivity index (χ0v) is 12.0. The maximum absolute atomic E-state index is 5.80. The number of benzene rings is 1. The molecular formula is C14H15ClN2OS. The largest absolute Gasteiger partial charge is 0.494 e. The molecule has 0 aliphatic carbocycles. The SMILES string of the molecule is Nc1ccc(SCCCOc2ccc(Cl)cc2)nc1. The second kappa shape index (κ2) is 7.26. The van der Waals surface area contributed by atoms with Crippen molar-refractivity contribution in [1.29, 1.82) is 0 Å². The van der Waals surface area contributed by atoms with Crippen molar-refractivity contribution in [3.8, 4) is 5.75 Å². The highest BCUT2D eigenvalue weighted by Crippen LogP contribution is 2.18. The normalized spacial score (nSPS) is 10.4. The number of nitrogens with two attached hydrogens (primary N) is 1. The first-order valence-electron chi connectivity index (χ1n) is 5.97. The van der Waals surface area contributed by atoms with Gasteiger partial charge >= 0.3 is 0 Å². The Morgan fingerprint density at radius 2 is 1.95 bits per heavy atom. The van der Waals surface area contributed by atoms with Gasteiger partial charge in [0.1, 0.15) is 5.75 Å². The fourth-order valence-electron chi connectivity index (χ4n) is 1.43. The van der Waals surface area contributed by atoms with Crippen LogP contribution in [0.15, 0.2) is 47.6 Å². The molecule has 0 bridgehead atoms. The third kappa shape index (κ3) is 5.01. The summed E-state index contributed by atoms with van der Waals surface area (Å²) in [4.78, 5) is 4.23. The number of thioether (sulfide) groups is 1. The van der Waals surface area contributed by atoms with Crippen LogP contribution in [0.2, 0.25) is 5.02 Å². The summed E-state index contributed by atoms with van der Waals surface area (Å²) in [7, 11) is 0. The minimum Gasteiger partial charge on any atom is -0.494 e. The van der Waals surface area contributed by atoms with Crippen LogP contribution in [0.4, 0.5) is 5.69 Å². The van der Waals surface area contributed by atoms with Crippen LogP contribution in [0.25, 0.3) is 0 Å². The first-order chi connectivity index (χ1) is 9.24. The van der Waals surface area contributed by atoms with Gasteiger partial charge in [-0.1, -0.05) is 11.6 Å². The van der Waals surface area contributed by atoms with Crippen LogP contribution in [0.1, 0.15) is 6.42 Å². The Labute approximate surface area is 122 Å². The average Bonchev–Trinajstić information content (AvgIpc) is 2.43. The molecule has 0 aliphatic rings. The summed E-state index contributed by atoms with van der Waals surface area (Å²) in [6.07, 6.45) is 2.63. The molecule has 3 nitrogen and oxygen atoms in total. The molecule has 0 aliphatic heterocycles. The Bertz CT molecular complexity index is 454. The molecule has 2 N–H and O–H groups in total. The van der Waals surface area contributed by atoms with E-state index in [9.17, 15) is 0 Å². The Kier molecular flexibility index (Phi) is 5.36. The summed E-state index contributed by atoms with van der Waals surface area (Å²) in [5.41, 5.74) is 6.27. The fraction of sp³-hybridized carbons (Fsp3) is 0.214. The quantitative estimate of drug-likeness (QED) is 0.649. The standard InChI is InChI=1S/C14H15ClN2OS/c15-11-2-5-13(6-3-11)18-8-1-9-19-14-7-4-12(16)10-17-14/h2-7,10H,1,8-9,16H2. The summed E-state index contributed by atoms with van der Waals surface area (Å²) < 4.78 is 5.61. The van der Waals surface area contributed by atoms with Gasteiger partial charge in [0, 0.05) is 10.8 Å². The van der Waals surface area contributed by atoms with Gasteiger partial charge in [-0.25, -0.2) is 4.98 Å². The highest BCUT2D eigenvalue weighted by Gasteiger charge is 1.97. The molecule has 0 amide bonds. The lowest BCUT2D eigenvalue weighted by atomic mass is 10.3. The third-order valence-corrected chi connectivity index (χ3v) is 3.66. The topological polar surface area (TPSA) is 48.1 Å². The van der Waals surface area contributed by atoms with Gasteiger partial charge in [-0.15, -0.1) is 11.8 Å². The molecular weight excluding hydrogens is 280 g/mol. The van der Waals surface area contributed by atoms with Crippen LogP contribution < -0.4 is 10.5 Å². The Hall–Kier alpha value is -1.39. The molecule has 2 rings (SSSR count). The van der Waals surface area contributed by atoms with E-state index in [4.69, 9.17) is 22.1 Å². The van der Waals surface area contributed by atoms with Crippen LogP contribution in [0, 0.1) is 0 Å². The molecule has 0 unspecified atom stereocenters. The van der Waals surface area contributed by atoms with Gasteiger partial charge in [-0.3, -0.25) is 0 Å². The summed E-state index contributed by atoms with van der Waals surface area (Å²) >= 11 is 7.50. The molecule has 0 spiro atoms. The Balaban J connectivity index is 1.64. The van der Waals surface area contributed by atoms with Gasteiger partial charge in [0.05, 0.1) is 23.5 Å². The summed E-state index contributed by atoms with van der Waals surface area (Å²) in [5.74, 6) is 1.81. The van der Waals surface area contributed by atoms with E-state index in [-0.39, 0.29) is 0 Å². The number of hydrogen-bond donors (Lipinski definition) is 1. The lowest BCUT2D eigenvalue weighted by Crippen LogP contribution is -1.98. The predicted octanol–water partition coefficient (Wildman–Crippen LogP) is 3.88. The van der Waals surface area contributed by atoms with Crippen molar-refractivity contribution >= 4 is 29.1 Å². The molecule has 0 saturated carbocycles. The minimum absolute atomic E-state index is 0.684. The molecule has 0 fully saturated rings. The van der Waals surface area contributed by atoms with Crippen molar-refractivity contribution < 1.29 is 4.74 Å². The lowest BCUT2D eigenvalue weighted by Gasteiger charge is -2.06. The summed E-state index contributed by atoms with van der Waals surface area (Å²) in [6.45, 7) is 0.684. The van der Waals surface area contributed by atoms with Gasteiger partial charge in [-0.2, -0.15) is 0 Å². The zero-order valence-electron chi connectivity index (χ0n) is 10.4. The number of anilines is 1. The number of ether oxygens (including phenoxy) is 1. The Morgan fingerprint density at radius 3 is 2.63 bits per heavy atom. The molecule has 0 atom stereocenters. The number of hydrogen-bond acceptors (Lipinski definition) is 4. The van der Waals surface area contributed by atoms with Crippen molar-refractivity contribution in [2.45, 2.75) is 11.4 Å². The average molecular weight is 295 g/mol. The van der Waals surface area contributed by atoms with E-state index in [1.807, 2.05) is 36.4 Å². The van der Waals surface area contributed by atoms with E-state index in [0.29, 0.717) is 12.3 Å². The molecule has 0 radical (unpaired) electrons. The second-order valence-corrected chi connectivity index (χ2v) is 5.49. The monoisotopic (exact) mass is 294 g/mol. The van der Waals surface area contributed by atoms with Crippen molar-refractivity contribution in [2.75, 3.05) is 18.1 Å². The number of rotatable bonds is 6. The summed E-state index contributed by atoms with van der Waals surface area (Å²) in [5, 5.41) is 1.71. The van der Waals surface area contributed by atoms with Gasteiger partial charge in [0.25, 0.3) is 0 Å². The smallest absolute Gasteiger partial charge is 0.119 e. The van der Waals surface area contributed by atoms with Crippen molar-refractivity contribution in [2.24, 2.45) is 0 Å². The molecule has 1 aromatic heterocycles. The Morgan fingerprint density at radius 1 is 1.16 bits per heavy atom. The van der Waals surface area contributed by atoms with Crippen LogP contribution in [0.5, 0.6) is 5.75 Å². The minimum atomic E-state index is 0.684. The first kappa shape index (κ1) is 14.0. The first-order valence-corrected chi connectivity index (χ1v) is 7.33. The number of nitrogens with zero attached hydrogens (tertiary/aromatic N) is 1. The van der Waals surface area contributed by atoms with E-state index in [1.165, 1.54) is 0 Å². The molecule has 19 heavy (non-hydrogen) atoms. The van der Waals surface area contributed by atoms with E-state index in [1.54, 1.807) is 18.0 Å². The zero-order chi connectivity index (χ0) is 13.5. The molecule has 1 aromatic carbocycles. The third-order valence-electron chi connectivity index (χ3n) is 2.38. The van der Waals surface area contributed by atoms with E-state index < -0.39 is 0 Å². The van der Waals surface area contributed by atoms with Crippen molar-refractivity contribution in [1.82, 2.24) is 4.98 Å². The van der Waals surface area contributed by atoms with Crippen LogP contribution in [-0.4, -0.2) is 17.3 Å². The summed E-state index contributed by atoms with van der Waals surface area (Å²) in [6, 6.07) is 11.2.